The minimum Gasteiger partial charge on any atom is -0.381 e. The van der Waals surface area contributed by atoms with Crippen LogP contribution in [-0.2, 0) is 9.53 Å². The van der Waals surface area contributed by atoms with E-state index in [1.807, 2.05) is 0 Å². The topological polar surface area (TPSA) is 38.3 Å². The van der Waals surface area contributed by atoms with Crippen LogP contribution in [0, 0.1) is 11.8 Å². The number of halogens is 1. The molecule has 1 saturated heterocycles. The summed E-state index contributed by atoms with van der Waals surface area (Å²) >= 11 is 3.54. The second-order valence-corrected chi connectivity index (χ2v) is 5.54. The summed E-state index contributed by atoms with van der Waals surface area (Å²) in [6.07, 6.45) is 3.28. The van der Waals surface area contributed by atoms with Gasteiger partial charge in [-0.25, -0.2) is 0 Å². The summed E-state index contributed by atoms with van der Waals surface area (Å²) < 4.78 is 5.17. The Bertz CT molecular complexity index is 210. The van der Waals surface area contributed by atoms with Crippen molar-refractivity contribution in [3.8, 4) is 0 Å². The van der Waals surface area contributed by atoms with Crippen molar-refractivity contribution in [3.05, 3.63) is 0 Å². The Balaban J connectivity index is 1.62. The highest BCUT2D eigenvalue weighted by atomic mass is 79.9. The lowest BCUT2D eigenvalue weighted by Crippen LogP contribution is -2.39. The van der Waals surface area contributed by atoms with E-state index in [9.17, 15) is 4.79 Å². The highest BCUT2D eigenvalue weighted by Gasteiger charge is 2.28. The molecule has 1 aliphatic carbocycles. The number of rotatable bonds is 3. The Labute approximate surface area is 92.7 Å². The summed E-state index contributed by atoms with van der Waals surface area (Å²) in [6.45, 7) is 2.19. The standard InChI is InChI=1S/C10H16BrNO2/c11-9-3-7(4-9)5-12-10(13)8-1-2-14-6-8/h7-9H,1-6H2,(H,12,13). The van der Waals surface area contributed by atoms with Gasteiger partial charge in [0.2, 0.25) is 5.91 Å². The molecule has 2 aliphatic rings. The van der Waals surface area contributed by atoms with Crippen LogP contribution in [0.1, 0.15) is 19.3 Å². The van der Waals surface area contributed by atoms with E-state index in [0.717, 1.165) is 19.6 Å². The molecule has 1 aliphatic heterocycles. The molecule has 3 nitrogen and oxygen atoms in total. The van der Waals surface area contributed by atoms with Crippen LogP contribution >= 0.6 is 15.9 Å². The van der Waals surface area contributed by atoms with Gasteiger partial charge >= 0.3 is 0 Å². The average molecular weight is 262 g/mol. The molecule has 0 spiro atoms. The lowest BCUT2D eigenvalue weighted by Gasteiger charge is -2.31. The molecule has 2 fully saturated rings. The molecule has 4 heteroatoms. The number of carbonyl (C=O) groups is 1. The summed E-state index contributed by atoms with van der Waals surface area (Å²) in [4.78, 5) is 12.2. The first kappa shape index (κ1) is 10.4. The molecule has 1 amide bonds. The molecule has 1 N–H and O–H groups in total. The van der Waals surface area contributed by atoms with Crippen LogP contribution in [0.2, 0.25) is 0 Å². The van der Waals surface area contributed by atoms with Gasteiger partial charge in [0, 0.05) is 18.0 Å². The van der Waals surface area contributed by atoms with Gasteiger partial charge in [-0.15, -0.1) is 0 Å². The molecule has 1 atom stereocenters. The predicted octanol–water partition coefficient (Wildman–Crippen LogP) is 1.31. The maximum absolute atomic E-state index is 11.6. The molecule has 0 bridgehead atoms. The van der Waals surface area contributed by atoms with Crippen LogP contribution in [0.3, 0.4) is 0 Å². The van der Waals surface area contributed by atoms with Crippen LogP contribution in [0.5, 0.6) is 0 Å². The summed E-state index contributed by atoms with van der Waals surface area (Å²) in [5.41, 5.74) is 0. The van der Waals surface area contributed by atoms with Gasteiger partial charge in [-0.3, -0.25) is 4.79 Å². The van der Waals surface area contributed by atoms with Crippen molar-refractivity contribution in [1.82, 2.24) is 5.32 Å². The number of carbonyl (C=O) groups excluding carboxylic acids is 1. The number of ether oxygens (including phenoxy) is 1. The van der Waals surface area contributed by atoms with Gasteiger partial charge < -0.3 is 10.1 Å². The lowest BCUT2D eigenvalue weighted by atomic mass is 9.85. The first-order valence-electron chi connectivity index (χ1n) is 5.25. The molecule has 0 aromatic carbocycles. The quantitative estimate of drug-likeness (QED) is 0.779. The SMILES string of the molecule is O=C(NCC1CC(Br)C1)C1CCOC1. The van der Waals surface area contributed by atoms with Crippen molar-refractivity contribution in [2.75, 3.05) is 19.8 Å². The van der Waals surface area contributed by atoms with Crippen LogP contribution < -0.4 is 5.32 Å². The summed E-state index contributed by atoms with van der Waals surface area (Å²) in [6, 6.07) is 0. The Hall–Kier alpha value is -0.0900. The van der Waals surface area contributed by atoms with E-state index in [1.54, 1.807) is 0 Å². The van der Waals surface area contributed by atoms with Gasteiger partial charge in [-0.1, -0.05) is 15.9 Å². The highest BCUT2D eigenvalue weighted by Crippen LogP contribution is 2.32. The molecule has 14 heavy (non-hydrogen) atoms. The van der Waals surface area contributed by atoms with E-state index in [-0.39, 0.29) is 11.8 Å². The summed E-state index contributed by atoms with van der Waals surface area (Å²) in [5.74, 6) is 0.973. The first-order valence-corrected chi connectivity index (χ1v) is 6.17. The maximum atomic E-state index is 11.6. The number of hydrogen-bond acceptors (Lipinski definition) is 2. The smallest absolute Gasteiger partial charge is 0.225 e. The molecule has 0 aromatic rings. The van der Waals surface area contributed by atoms with Gasteiger partial charge in [0.15, 0.2) is 0 Å². The van der Waals surface area contributed by atoms with E-state index in [0.29, 0.717) is 17.4 Å². The molecular formula is C10H16BrNO2. The fourth-order valence-electron chi connectivity index (χ4n) is 1.95. The van der Waals surface area contributed by atoms with Crippen molar-refractivity contribution in [3.63, 3.8) is 0 Å². The zero-order chi connectivity index (χ0) is 9.97. The van der Waals surface area contributed by atoms with Crippen LogP contribution in [0.15, 0.2) is 0 Å². The van der Waals surface area contributed by atoms with Gasteiger partial charge in [0.05, 0.1) is 12.5 Å². The highest BCUT2D eigenvalue weighted by molar-refractivity contribution is 9.09. The Morgan fingerprint density at radius 1 is 1.50 bits per heavy atom. The second kappa shape index (κ2) is 4.62. The van der Waals surface area contributed by atoms with E-state index in [4.69, 9.17) is 4.74 Å². The van der Waals surface area contributed by atoms with Gasteiger partial charge in [-0.05, 0) is 25.2 Å². The molecular weight excluding hydrogens is 246 g/mol. The summed E-state index contributed by atoms with van der Waals surface area (Å²) in [7, 11) is 0. The van der Waals surface area contributed by atoms with Crippen molar-refractivity contribution < 1.29 is 9.53 Å². The molecule has 2 rings (SSSR count). The Kier molecular flexibility index (Phi) is 3.44. The molecule has 0 radical (unpaired) electrons. The Morgan fingerprint density at radius 2 is 2.29 bits per heavy atom. The van der Waals surface area contributed by atoms with E-state index < -0.39 is 0 Å². The molecule has 0 aromatic heterocycles. The van der Waals surface area contributed by atoms with Gasteiger partial charge in [0.25, 0.3) is 0 Å². The Morgan fingerprint density at radius 3 is 2.86 bits per heavy atom. The molecule has 80 valence electrons. The average Bonchev–Trinajstić information content (AvgIpc) is 2.62. The lowest BCUT2D eigenvalue weighted by molar-refractivity contribution is -0.125. The number of amides is 1. The van der Waals surface area contributed by atoms with Gasteiger partial charge in [0.1, 0.15) is 0 Å². The fraction of sp³-hybridized carbons (Fsp3) is 0.900. The monoisotopic (exact) mass is 261 g/mol. The predicted molar refractivity (Wildman–Crippen MR) is 57.4 cm³/mol. The minimum atomic E-state index is 0.106. The second-order valence-electron chi connectivity index (χ2n) is 4.24. The van der Waals surface area contributed by atoms with E-state index in [2.05, 4.69) is 21.2 Å². The van der Waals surface area contributed by atoms with Crippen LogP contribution in [0.4, 0.5) is 0 Å². The molecule has 1 saturated carbocycles. The number of alkyl halides is 1. The third kappa shape index (κ3) is 2.48. The van der Waals surface area contributed by atoms with Gasteiger partial charge in [-0.2, -0.15) is 0 Å². The van der Waals surface area contributed by atoms with Crippen molar-refractivity contribution in [2.24, 2.45) is 11.8 Å². The number of hydrogen-bond donors (Lipinski definition) is 1. The van der Waals surface area contributed by atoms with Crippen LogP contribution in [-0.4, -0.2) is 30.5 Å². The van der Waals surface area contributed by atoms with Crippen molar-refractivity contribution >= 4 is 21.8 Å². The molecule has 1 heterocycles. The van der Waals surface area contributed by atoms with Crippen LogP contribution in [0.25, 0.3) is 0 Å². The number of nitrogens with one attached hydrogen (secondary N) is 1. The first-order chi connectivity index (χ1) is 6.75. The van der Waals surface area contributed by atoms with Crippen molar-refractivity contribution in [2.45, 2.75) is 24.1 Å². The minimum absolute atomic E-state index is 0.106. The molecule has 1 unspecified atom stereocenters. The zero-order valence-corrected chi connectivity index (χ0v) is 9.76. The normalized spacial score (nSPS) is 36.5. The third-order valence-electron chi connectivity index (χ3n) is 3.04. The van der Waals surface area contributed by atoms with E-state index >= 15 is 0 Å². The van der Waals surface area contributed by atoms with Crippen molar-refractivity contribution in [1.29, 1.82) is 0 Å². The fourth-order valence-corrected chi connectivity index (χ4v) is 3.01. The maximum Gasteiger partial charge on any atom is 0.225 e. The third-order valence-corrected chi connectivity index (χ3v) is 3.79. The zero-order valence-electron chi connectivity index (χ0n) is 8.17. The summed E-state index contributed by atoms with van der Waals surface area (Å²) in [5, 5.41) is 3.01. The van der Waals surface area contributed by atoms with E-state index in [1.165, 1.54) is 12.8 Å². The largest absolute Gasteiger partial charge is 0.381 e.